The molecule has 3 atom stereocenters. The molecule has 0 aromatic heterocycles. The highest BCUT2D eigenvalue weighted by atomic mass is 16.3. The molecule has 2 rings (SSSR count). The highest BCUT2D eigenvalue weighted by Gasteiger charge is 2.32. The maximum Gasteiger partial charge on any atom is 0.0752 e. The molecule has 1 aliphatic rings. The van der Waals surface area contributed by atoms with Crippen LogP contribution in [0.1, 0.15) is 31.9 Å². The van der Waals surface area contributed by atoms with E-state index < -0.39 is 6.10 Å². The summed E-state index contributed by atoms with van der Waals surface area (Å²) in [7, 11) is 0. The summed E-state index contributed by atoms with van der Waals surface area (Å²) in [6, 6.07) is 10.4. The minimum absolute atomic E-state index is 0.290. The number of hydrogen-bond donors (Lipinski definition) is 1. The molecular formula is C15H22N4O. The molecule has 0 aliphatic carbocycles. The van der Waals surface area contributed by atoms with Gasteiger partial charge in [-0.3, -0.25) is 4.90 Å². The van der Waals surface area contributed by atoms with Crippen LogP contribution in [0.15, 0.2) is 35.4 Å². The van der Waals surface area contributed by atoms with Gasteiger partial charge in [-0.05, 0) is 30.0 Å². The van der Waals surface area contributed by atoms with Gasteiger partial charge in [0.15, 0.2) is 0 Å². The first-order valence-electron chi connectivity index (χ1n) is 7.14. The van der Waals surface area contributed by atoms with E-state index in [9.17, 15) is 5.11 Å². The minimum Gasteiger partial charge on any atom is -0.391 e. The zero-order valence-electron chi connectivity index (χ0n) is 12.1. The molecular weight excluding hydrogens is 252 g/mol. The van der Waals surface area contributed by atoms with Gasteiger partial charge in [-0.15, -0.1) is 0 Å². The Bertz CT molecular complexity index is 470. The minimum atomic E-state index is -0.579. The summed E-state index contributed by atoms with van der Waals surface area (Å²) in [6.45, 7) is 5.80. The van der Waals surface area contributed by atoms with Crippen molar-refractivity contribution in [2.75, 3.05) is 13.1 Å². The van der Waals surface area contributed by atoms with Crippen molar-refractivity contribution in [2.45, 2.75) is 38.5 Å². The van der Waals surface area contributed by atoms with Gasteiger partial charge in [-0.1, -0.05) is 49.3 Å². The Hall–Kier alpha value is -1.55. The van der Waals surface area contributed by atoms with Crippen molar-refractivity contribution in [3.8, 4) is 0 Å². The highest BCUT2D eigenvalue weighted by Crippen LogP contribution is 2.31. The van der Waals surface area contributed by atoms with Crippen molar-refractivity contribution in [1.29, 1.82) is 0 Å². The van der Waals surface area contributed by atoms with Crippen molar-refractivity contribution in [3.05, 3.63) is 46.3 Å². The quantitative estimate of drug-likeness (QED) is 0.520. The standard InChI is InChI=1S/C15H22N4O/c1-11(2)15(12-6-4-3-5-7-12)19-9-8-13(17-18-16)14(20)10-19/h3-7,11,13-15,20H,8-10H2,1-2H3/t13-,14-,15?/m1/s1. The molecule has 1 aromatic rings. The van der Waals surface area contributed by atoms with Gasteiger partial charge in [0.05, 0.1) is 12.1 Å². The van der Waals surface area contributed by atoms with Crippen LogP contribution >= 0.6 is 0 Å². The number of azide groups is 1. The van der Waals surface area contributed by atoms with E-state index in [1.165, 1.54) is 5.56 Å². The largest absolute Gasteiger partial charge is 0.391 e. The second-order valence-corrected chi connectivity index (χ2v) is 5.72. The molecule has 1 unspecified atom stereocenters. The first kappa shape index (κ1) is 14.9. The normalized spacial score (nSPS) is 25.2. The Balaban J connectivity index is 2.14. The van der Waals surface area contributed by atoms with Gasteiger partial charge in [0, 0.05) is 17.5 Å². The second kappa shape index (κ2) is 6.75. The molecule has 0 bridgehead atoms. The van der Waals surface area contributed by atoms with Gasteiger partial charge in [0.25, 0.3) is 0 Å². The number of benzene rings is 1. The van der Waals surface area contributed by atoms with Crippen molar-refractivity contribution >= 4 is 0 Å². The molecule has 1 heterocycles. The van der Waals surface area contributed by atoms with E-state index in [-0.39, 0.29) is 12.1 Å². The molecule has 1 aliphatic heterocycles. The number of aliphatic hydroxyl groups excluding tert-OH is 1. The summed E-state index contributed by atoms with van der Waals surface area (Å²) in [4.78, 5) is 5.12. The first-order chi connectivity index (χ1) is 9.63. The summed E-state index contributed by atoms with van der Waals surface area (Å²) in [5, 5.41) is 13.8. The number of hydrogen-bond acceptors (Lipinski definition) is 3. The Labute approximate surface area is 119 Å². The zero-order valence-corrected chi connectivity index (χ0v) is 12.1. The zero-order chi connectivity index (χ0) is 14.5. The van der Waals surface area contributed by atoms with Crippen LogP contribution in [-0.2, 0) is 0 Å². The fourth-order valence-electron chi connectivity index (χ4n) is 3.06. The Morgan fingerprint density at radius 3 is 2.60 bits per heavy atom. The van der Waals surface area contributed by atoms with Gasteiger partial charge in [-0.25, -0.2) is 0 Å². The maximum absolute atomic E-state index is 10.1. The molecule has 5 nitrogen and oxygen atoms in total. The van der Waals surface area contributed by atoms with Crippen LogP contribution in [0.3, 0.4) is 0 Å². The molecule has 0 spiro atoms. The van der Waals surface area contributed by atoms with Crippen LogP contribution in [-0.4, -0.2) is 35.2 Å². The van der Waals surface area contributed by atoms with Crippen LogP contribution in [0.4, 0.5) is 0 Å². The van der Waals surface area contributed by atoms with Crippen LogP contribution in [0.5, 0.6) is 0 Å². The van der Waals surface area contributed by atoms with E-state index in [4.69, 9.17) is 5.53 Å². The Kier molecular flexibility index (Phi) is 5.01. The molecule has 5 heteroatoms. The van der Waals surface area contributed by atoms with Crippen LogP contribution in [0.2, 0.25) is 0 Å². The topological polar surface area (TPSA) is 72.2 Å². The van der Waals surface area contributed by atoms with E-state index in [1.807, 2.05) is 18.2 Å². The first-order valence-corrected chi connectivity index (χ1v) is 7.14. The van der Waals surface area contributed by atoms with Crippen LogP contribution in [0, 0.1) is 5.92 Å². The molecule has 0 saturated carbocycles. The summed E-state index contributed by atoms with van der Waals surface area (Å²) in [5.74, 6) is 0.459. The van der Waals surface area contributed by atoms with Crippen molar-refractivity contribution in [2.24, 2.45) is 11.0 Å². The summed E-state index contributed by atoms with van der Waals surface area (Å²) in [5.41, 5.74) is 9.79. The molecule has 1 fully saturated rings. The number of aliphatic hydroxyl groups is 1. The lowest BCUT2D eigenvalue weighted by Gasteiger charge is -2.41. The van der Waals surface area contributed by atoms with Gasteiger partial charge in [0.1, 0.15) is 0 Å². The Morgan fingerprint density at radius 1 is 1.35 bits per heavy atom. The lowest BCUT2D eigenvalue weighted by molar-refractivity contribution is 0.0200. The van der Waals surface area contributed by atoms with Crippen molar-refractivity contribution in [1.82, 2.24) is 4.90 Å². The number of rotatable bonds is 4. The SMILES string of the molecule is CC(C)C(c1ccccc1)N1CC[C@@H](N=[N+]=[N-])[C@H](O)C1. The third kappa shape index (κ3) is 3.31. The summed E-state index contributed by atoms with van der Waals surface area (Å²) in [6.07, 6.45) is 0.131. The summed E-state index contributed by atoms with van der Waals surface area (Å²) < 4.78 is 0. The molecule has 0 amide bonds. The van der Waals surface area contributed by atoms with E-state index in [0.29, 0.717) is 18.9 Å². The van der Waals surface area contributed by atoms with Gasteiger partial charge >= 0.3 is 0 Å². The maximum atomic E-state index is 10.1. The second-order valence-electron chi connectivity index (χ2n) is 5.72. The molecule has 0 radical (unpaired) electrons. The molecule has 20 heavy (non-hydrogen) atoms. The number of nitrogens with zero attached hydrogens (tertiary/aromatic N) is 4. The van der Waals surface area contributed by atoms with Crippen LogP contribution < -0.4 is 0 Å². The van der Waals surface area contributed by atoms with Gasteiger partial charge in [0.2, 0.25) is 0 Å². The monoisotopic (exact) mass is 274 g/mol. The number of piperidine rings is 1. The van der Waals surface area contributed by atoms with Gasteiger partial charge in [-0.2, -0.15) is 0 Å². The fraction of sp³-hybridized carbons (Fsp3) is 0.600. The van der Waals surface area contributed by atoms with E-state index in [2.05, 4.69) is 40.9 Å². The molecule has 1 aromatic carbocycles. The predicted octanol–water partition coefficient (Wildman–Crippen LogP) is 3.13. The highest BCUT2D eigenvalue weighted by molar-refractivity contribution is 5.20. The third-order valence-electron chi connectivity index (χ3n) is 3.94. The molecule has 1 N–H and O–H groups in total. The van der Waals surface area contributed by atoms with E-state index >= 15 is 0 Å². The van der Waals surface area contributed by atoms with E-state index in [0.717, 1.165) is 6.54 Å². The number of β-amino-alcohol motifs (C(OH)–C–C–N with tert-alkyl or cyclic N) is 1. The average Bonchev–Trinajstić information content (AvgIpc) is 2.43. The van der Waals surface area contributed by atoms with Crippen LogP contribution in [0.25, 0.3) is 10.4 Å². The van der Waals surface area contributed by atoms with Crippen molar-refractivity contribution < 1.29 is 5.11 Å². The molecule has 108 valence electrons. The third-order valence-corrected chi connectivity index (χ3v) is 3.94. The Morgan fingerprint density at radius 2 is 2.05 bits per heavy atom. The smallest absolute Gasteiger partial charge is 0.0752 e. The lowest BCUT2D eigenvalue weighted by Crippen LogP contribution is -2.48. The summed E-state index contributed by atoms with van der Waals surface area (Å²) >= 11 is 0. The van der Waals surface area contributed by atoms with Crippen molar-refractivity contribution in [3.63, 3.8) is 0 Å². The fourth-order valence-corrected chi connectivity index (χ4v) is 3.06. The van der Waals surface area contributed by atoms with Gasteiger partial charge < -0.3 is 5.11 Å². The average molecular weight is 274 g/mol. The predicted molar refractivity (Wildman–Crippen MR) is 79.2 cm³/mol. The molecule has 1 saturated heterocycles. The number of likely N-dealkylation sites (tertiary alicyclic amines) is 1. The van der Waals surface area contributed by atoms with E-state index in [1.54, 1.807) is 0 Å². The lowest BCUT2D eigenvalue weighted by atomic mass is 9.91.